The van der Waals surface area contributed by atoms with E-state index in [1.165, 1.54) is 0 Å². The van der Waals surface area contributed by atoms with Crippen molar-refractivity contribution in [2.75, 3.05) is 19.6 Å². The van der Waals surface area contributed by atoms with E-state index in [1.807, 2.05) is 18.7 Å². The van der Waals surface area contributed by atoms with Crippen LogP contribution in [-0.2, 0) is 34.0 Å². The molecule has 11 atom stereocenters. The zero-order valence-electron chi connectivity index (χ0n) is 29.0. The number of carbonyl (C=O) groups excluding carboxylic acids is 1. The minimum Gasteiger partial charge on any atom is -0.726 e. The average Bonchev–Trinajstić information content (AvgIpc) is 3.54. The molecule has 272 valence electrons. The van der Waals surface area contributed by atoms with Gasteiger partial charge in [0.2, 0.25) is 26.7 Å². The standard InChI is InChI=1S/C34H60N2O9S2/c1-22(2)29(44-46(38,39)40)12-9-23(3)26-10-11-27-32-28(14-16-34(26,27)5)33(4)15-13-25(20-24(33)21-30(32)45-47(41,42)43)35-17-7-19-36-18-6-8-31(36)37/h22-30,32,35H,6-21H2,1-5H3,(H,38,39,40)(H,41,42,43)/p-2/t23-,24-,25+,26-,27?,28?,29+,30-,32?,33+,34-/m1/s1. The first-order valence-corrected chi connectivity index (χ1v) is 20.9. The summed E-state index contributed by atoms with van der Waals surface area (Å²) in [6.45, 7) is 13.2. The molecule has 1 saturated heterocycles. The predicted molar refractivity (Wildman–Crippen MR) is 175 cm³/mol. The molecule has 5 fully saturated rings. The van der Waals surface area contributed by atoms with Crippen molar-refractivity contribution >= 4 is 26.7 Å². The van der Waals surface area contributed by atoms with Gasteiger partial charge in [-0.1, -0.05) is 34.6 Å². The van der Waals surface area contributed by atoms with E-state index in [9.17, 15) is 30.7 Å². The number of fused-ring (bicyclic) bond motifs is 5. The highest BCUT2D eigenvalue weighted by Gasteiger charge is 2.63. The summed E-state index contributed by atoms with van der Waals surface area (Å²) < 4.78 is 80.8. The van der Waals surface area contributed by atoms with Gasteiger partial charge in [0.25, 0.3) is 0 Å². The first-order chi connectivity index (χ1) is 21.9. The maximum atomic E-state index is 12.1. The molecule has 1 N–H and O–H groups in total. The van der Waals surface area contributed by atoms with Gasteiger partial charge in [0.1, 0.15) is 0 Å². The molecule has 5 rings (SSSR count). The molecule has 0 spiro atoms. The molecule has 0 radical (unpaired) electrons. The fraction of sp³-hybridized carbons (Fsp3) is 0.971. The Hall–Kier alpha value is -0.830. The first-order valence-electron chi connectivity index (χ1n) is 18.2. The minimum absolute atomic E-state index is 0.00390. The summed E-state index contributed by atoms with van der Waals surface area (Å²) >= 11 is 0. The molecule has 3 unspecified atom stereocenters. The quantitative estimate of drug-likeness (QED) is 0.148. The summed E-state index contributed by atoms with van der Waals surface area (Å²) in [5.74, 6) is 1.54. The first kappa shape index (κ1) is 37.4. The molecule has 1 heterocycles. The van der Waals surface area contributed by atoms with Gasteiger partial charge < -0.3 is 19.3 Å². The van der Waals surface area contributed by atoms with Crippen molar-refractivity contribution in [3.63, 3.8) is 0 Å². The lowest BCUT2D eigenvalue weighted by atomic mass is 9.43. The highest BCUT2D eigenvalue weighted by Crippen LogP contribution is 2.69. The fourth-order valence-electron chi connectivity index (χ4n) is 11.4. The molecule has 0 bridgehead atoms. The van der Waals surface area contributed by atoms with Gasteiger partial charge in [0.05, 0.1) is 12.2 Å². The topological polar surface area (TPSA) is 165 Å². The van der Waals surface area contributed by atoms with Crippen LogP contribution in [0.25, 0.3) is 0 Å². The van der Waals surface area contributed by atoms with Crippen LogP contribution >= 0.6 is 0 Å². The van der Waals surface area contributed by atoms with Crippen LogP contribution in [0.15, 0.2) is 0 Å². The SMILES string of the molecule is CC(C)[C@H](CC[C@@H](C)[C@H]1CCC2C3C(CC[C@@]21C)[C@@]1(C)CC[C@H](NCCCN2CCCC2=O)C[C@@H]1C[C@H]3OS(=O)(=O)[O-])OS(=O)(=O)[O-]. The second-order valence-corrected chi connectivity index (χ2v) is 18.6. The highest BCUT2D eigenvalue weighted by atomic mass is 32.3. The lowest BCUT2D eigenvalue weighted by Gasteiger charge is -2.63. The average molecular weight is 703 g/mol. The lowest BCUT2D eigenvalue weighted by molar-refractivity contribution is -0.160. The van der Waals surface area contributed by atoms with E-state index in [-0.39, 0.29) is 52.2 Å². The van der Waals surface area contributed by atoms with E-state index in [2.05, 4.69) is 26.1 Å². The summed E-state index contributed by atoms with van der Waals surface area (Å²) in [5, 5.41) is 3.73. The van der Waals surface area contributed by atoms with Gasteiger partial charge in [-0.05, 0) is 136 Å². The fourth-order valence-corrected chi connectivity index (χ4v) is 12.5. The van der Waals surface area contributed by atoms with Crippen molar-refractivity contribution in [3.05, 3.63) is 0 Å². The van der Waals surface area contributed by atoms with Gasteiger partial charge >= 0.3 is 0 Å². The Morgan fingerprint density at radius 3 is 2.28 bits per heavy atom. The Balaban J connectivity index is 1.26. The van der Waals surface area contributed by atoms with Crippen LogP contribution in [-0.4, -0.2) is 74.6 Å². The number of rotatable bonds is 14. The molecule has 13 heteroatoms. The summed E-state index contributed by atoms with van der Waals surface area (Å²) in [5.41, 5.74) is 0.000312. The molecule has 1 amide bonds. The van der Waals surface area contributed by atoms with E-state index < -0.39 is 33.0 Å². The molecule has 4 saturated carbocycles. The Kier molecular flexibility index (Phi) is 11.5. The number of carbonyl (C=O) groups is 1. The zero-order chi connectivity index (χ0) is 34.4. The third kappa shape index (κ3) is 8.39. The van der Waals surface area contributed by atoms with Crippen molar-refractivity contribution in [2.24, 2.45) is 52.3 Å². The molecule has 0 aromatic rings. The van der Waals surface area contributed by atoms with Gasteiger partial charge in [-0.2, -0.15) is 0 Å². The van der Waals surface area contributed by atoms with Crippen molar-refractivity contribution in [3.8, 4) is 0 Å². The molecular formula is C34H58N2O9S2-2. The van der Waals surface area contributed by atoms with Gasteiger partial charge in [-0.3, -0.25) is 13.2 Å². The lowest BCUT2D eigenvalue weighted by Crippen LogP contribution is -2.60. The van der Waals surface area contributed by atoms with Crippen LogP contribution in [0.4, 0.5) is 0 Å². The third-order valence-electron chi connectivity index (χ3n) is 13.8. The Labute approximate surface area is 283 Å². The van der Waals surface area contributed by atoms with E-state index in [4.69, 9.17) is 8.37 Å². The summed E-state index contributed by atoms with van der Waals surface area (Å²) in [6, 6.07) is 0.323. The van der Waals surface area contributed by atoms with Gasteiger partial charge in [-0.15, -0.1) is 0 Å². The zero-order valence-corrected chi connectivity index (χ0v) is 30.7. The molecule has 11 nitrogen and oxygen atoms in total. The van der Waals surface area contributed by atoms with Crippen LogP contribution in [0.2, 0.25) is 0 Å². The monoisotopic (exact) mass is 702 g/mol. The summed E-state index contributed by atoms with van der Waals surface area (Å²) in [6.07, 6.45) is 10.0. The molecule has 0 aromatic heterocycles. The molecule has 0 aromatic carbocycles. The van der Waals surface area contributed by atoms with Crippen molar-refractivity contribution in [1.82, 2.24) is 10.2 Å². The highest BCUT2D eigenvalue weighted by molar-refractivity contribution is 7.81. The Morgan fingerprint density at radius 2 is 1.64 bits per heavy atom. The van der Waals surface area contributed by atoms with E-state index >= 15 is 0 Å². The molecule has 1 aliphatic heterocycles. The smallest absolute Gasteiger partial charge is 0.222 e. The van der Waals surface area contributed by atoms with Crippen LogP contribution in [0.5, 0.6) is 0 Å². The van der Waals surface area contributed by atoms with Gasteiger partial charge in [0.15, 0.2) is 0 Å². The summed E-state index contributed by atoms with van der Waals surface area (Å²) in [4.78, 5) is 13.9. The molecule has 4 aliphatic carbocycles. The molecule has 5 aliphatic rings. The van der Waals surface area contributed by atoms with Gasteiger partial charge in [0, 0.05) is 25.6 Å². The van der Waals surface area contributed by atoms with Crippen molar-refractivity contribution in [2.45, 2.75) is 136 Å². The summed E-state index contributed by atoms with van der Waals surface area (Å²) in [7, 11) is -9.67. The van der Waals surface area contributed by atoms with Crippen molar-refractivity contribution < 1.29 is 39.1 Å². The Bertz CT molecular complexity index is 1330. The molecular weight excluding hydrogens is 645 g/mol. The maximum absolute atomic E-state index is 12.1. The van der Waals surface area contributed by atoms with E-state index in [0.717, 1.165) is 83.8 Å². The van der Waals surface area contributed by atoms with Crippen LogP contribution in [0, 0.1) is 52.3 Å². The van der Waals surface area contributed by atoms with E-state index in [1.54, 1.807) is 0 Å². The van der Waals surface area contributed by atoms with Crippen molar-refractivity contribution in [1.29, 1.82) is 0 Å². The number of nitrogens with zero attached hydrogens (tertiary/aromatic N) is 1. The second-order valence-electron chi connectivity index (χ2n) is 16.6. The number of amides is 1. The van der Waals surface area contributed by atoms with Gasteiger partial charge in [-0.25, -0.2) is 16.8 Å². The predicted octanol–water partition coefficient (Wildman–Crippen LogP) is 4.99. The minimum atomic E-state index is -4.88. The van der Waals surface area contributed by atoms with Crippen LogP contribution in [0.1, 0.15) is 118 Å². The third-order valence-corrected chi connectivity index (χ3v) is 14.7. The Morgan fingerprint density at radius 1 is 0.936 bits per heavy atom. The van der Waals surface area contributed by atoms with Crippen LogP contribution < -0.4 is 5.32 Å². The van der Waals surface area contributed by atoms with Crippen LogP contribution in [0.3, 0.4) is 0 Å². The second kappa shape index (κ2) is 14.4. The normalized spacial score (nSPS) is 39.0. The number of likely N-dealkylation sites (tertiary alicyclic amines) is 1. The number of nitrogens with one attached hydrogen (secondary N) is 1. The number of hydrogen-bond donors (Lipinski definition) is 1. The maximum Gasteiger partial charge on any atom is 0.222 e. The molecule has 47 heavy (non-hydrogen) atoms. The van der Waals surface area contributed by atoms with E-state index in [0.29, 0.717) is 31.2 Å². The largest absolute Gasteiger partial charge is 0.726 e. The number of hydrogen-bond acceptors (Lipinski definition) is 10.